The minimum absolute atomic E-state index is 0. The molecule has 0 bridgehead atoms. The lowest BCUT2D eigenvalue weighted by Crippen LogP contribution is -2.39. The summed E-state index contributed by atoms with van der Waals surface area (Å²) >= 11 is 0. The van der Waals surface area contributed by atoms with Gasteiger partial charge in [0.25, 0.3) is 0 Å². The molecule has 5 nitrogen and oxygen atoms in total. The Labute approximate surface area is 182 Å². The summed E-state index contributed by atoms with van der Waals surface area (Å²) in [5, 5.41) is 6.79. The summed E-state index contributed by atoms with van der Waals surface area (Å²) in [5.41, 5.74) is 2.36. The highest BCUT2D eigenvalue weighted by Crippen LogP contribution is 2.08. The van der Waals surface area contributed by atoms with Crippen molar-refractivity contribution in [2.75, 3.05) is 32.9 Å². The second kappa shape index (κ2) is 17.3. The van der Waals surface area contributed by atoms with Crippen LogP contribution in [-0.4, -0.2) is 38.9 Å². The summed E-state index contributed by atoms with van der Waals surface area (Å²) in [6.45, 7) is 13.7. The molecule has 0 saturated carbocycles. The number of benzene rings is 1. The highest BCUT2D eigenvalue weighted by atomic mass is 127. The molecule has 2 N–H and O–H groups in total. The quantitative estimate of drug-likeness (QED) is 0.187. The molecule has 0 aliphatic rings. The van der Waals surface area contributed by atoms with Crippen LogP contribution in [0.5, 0.6) is 0 Å². The second-order valence-electron chi connectivity index (χ2n) is 6.33. The van der Waals surface area contributed by atoms with Gasteiger partial charge in [-0.1, -0.05) is 51.0 Å². The summed E-state index contributed by atoms with van der Waals surface area (Å²) in [6.07, 6.45) is 2.38. The van der Waals surface area contributed by atoms with E-state index in [0.29, 0.717) is 32.3 Å². The molecule has 0 spiro atoms. The first kappa shape index (κ1) is 26.1. The standard InChI is InChI=1S/C21H37N3O2.HI/c1-5-18(6-2)15-23-21(22-7-3)24-16-19-10-9-11-20(14-19)17-26-13-12-25-8-4;/h9-11,14,18H,5-8,12-13,15-17H2,1-4H3,(H2,22,23,24);1H. The zero-order chi connectivity index (χ0) is 19.0. The molecule has 0 aliphatic carbocycles. The van der Waals surface area contributed by atoms with Crippen molar-refractivity contribution in [3.8, 4) is 0 Å². The number of nitrogens with one attached hydrogen (secondary N) is 2. The number of halogens is 1. The first-order chi connectivity index (χ1) is 12.7. The fourth-order valence-corrected chi connectivity index (χ4v) is 2.60. The van der Waals surface area contributed by atoms with Crippen LogP contribution in [0.4, 0.5) is 0 Å². The maximum absolute atomic E-state index is 5.65. The largest absolute Gasteiger partial charge is 0.379 e. The van der Waals surface area contributed by atoms with E-state index in [9.17, 15) is 0 Å². The van der Waals surface area contributed by atoms with E-state index in [-0.39, 0.29) is 24.0 Å². The van der Waals surface area contributed by atoms with Crippen LogP contribution in [0.3, 0.4) is 0 Å². The Kier molecular flexibility index (Phi) is 16.7. The van der Waals surface area contributed by atoms with Crippen LogP contribution in [-0.2, 0) is 22.6 Å². The van der Waals surface area contributed by atoms with Gasteiger partial charge in [-0.25, -0.2) is 4.99 Å². The molecule has 156 valence electrons. The first-order valence-corrected chi connectivity index (χ1v) is 9.98. The van der Waals surface area contributed by atoms with Gasteiger partial charge < -0.3 is 20.1 Å². The number of nitrogens with zero attached hydrogens (tertiary/aromatic N) is 1. The van der Waals surface area contributed by atoms with E-state index in [4.69, 9.17) is 14.5 Å². The van der Waals surface area contributed by atoms with Crippen LogP contribution >= 0.6 is 24.0 Å². The predicted octanol–water partition coefficient (Wildman–Crippen LogP) is 4.35. The van der Waals surface area contributed by atoms with Crippen LogP contribution in [0.2, 0.25) is 0 Å². The zero-order valence-corrected chi connectivity index (χ0v) is 19.8. The van der Waals surface area contributed by atoms with Gasteiger partial charge in [0.15, 0.2) is 5.96 Å². The Morgan fingerprint density at radius 2 is 1.70 bits per heavy atom. The van der Waals surface area contributed by atoms with E-state index in [0.717, 1.165) is 25.7 Å². The van der Waals surface area contributed by atoms with Gasteiger partial charge in [-0.05, 0) is 30.9 Å². The number of ether oxygens (including phenoxy) is 2. The molecule has 0 saturated heterocycles. The number of rotatable bonds is 13. The minimum Gasteiger partial charge on any atom is -0.379 e. The molecule has 1 aromatic rings. The average molecular weight is 491 g/mol. The Balaban J connectivity index is 0.00000676. The van der Waals surface area contributed by atoms with E-state index >= 15 is 0 Å². The number of aliphatic imine (C=N–C) groups is 1. The topological polar surface area (TPSA) is 54.9 Å². The highest BCUT2D eigenvalue weighted by Gasteiger charge is 2.05. The van der Waals surface area contributed by atoms with Gasteiger partial charge in [-0.3, -0.25) is 0 Å². The van der Waals surface area contributed by atoms with Crippen LogP contribution < -0.4 is 10.6 Å². The van der Waals surface area contributed by atoms with Gasteiger partial charge in [0.1, 0.15) is 0 Å². The molecule has 27 heavy (non-hydrogen) atoms. The van der Waals surface area contributed by atoms with E-state index in [1.807, 2.05) is 6.92 Å². The van der Waals surface area contributed by atoms with Crippen molar-refractivity contribution >= 4 is 29.9 Å². The highest BCUT2D eigenvalue weighted by molar-refractivity contribution is 14.0. The molecule has 0 unspecified atom stereocenters. The molecule has 1 rings (SSSR count). The van der Waals surface area contributed by atoms with Crippen LogP contribution in [0.15, 0.2) is 29.3 Å². The van der Waals surface area contributed by atoms with Crippen LogP contribution in [0.25, 0.3) is 0 Å². The van der Waals surface area contributed by atoms with Crippen molar-refractivity contribution in [2.45, 2.75) is 53.7 Å². The number of hydrogen-bond acceptors (Lipinski definition) is 3. The molecule has 1 aromatic carbocycles. The van der Waals surface area contributed by atoms with E-state index in [1.165, 1.54) is 24.0 Å². The normalized spacial score (nSPS) is 11.4. The van der Waals surface area contributed by atoms with Crippen molar-refractivity contribution in [1.82, 2.24) is 10.6 Å². The van der Waals surface area contributed by atoms with Gasteiger partial charge in [0.05, 0.1) is 26.4 Å². The Hall–Kier alpha value is -0.860. The SMILES string of the molecule is CCNC(=NCc1cccc(COCCOCC)c1)NCC(CC)CC.I. The lowest BCUT2D eigenvalue weighted by molar-refractivity contribution is 0.0453. The average Bonchev–Trinajstić information content (AvgIpc) is 2.67. The van der Waals surface area contributed by atoms with E-state index in [1.54, 1.807) is 0 Å². The molecule has 6 heteroatoms. The third kappa shape index (κ3) is 12.3. The summed E-state index contributed by atoms with van der Waals surface area (Å²) in [6, 6.07) is 8.42. The molecule has 0 atom stereocenters. The Morgan fingerprint density at radius 1 is 1.00 bits per heavy atom. The smallest absolute Gasteiger partial charge is 0.191 e. The molecule has 0 aliphatic heterocycles. The molecular weight excluding hydrogens is 453 g/mol. The van der Waals surface area contributed by atoms with E-state index in [2.05, 4.69) is 55.7 Å². The van der Waals surface area contributed by atoms with Crippen molar-refractivity contribution in [1.29, 1.82) is 0 Å². The monoisotopic (exact) mass is 491 g/mol. The maximum Gasteiger partial charge on any atom is 0.191 e. The van der Waals surface area contributed by atoms with E-state index < -0.39 is 0 Å². The van der Waals surface area contributed by atoms with Crippen LogP contribution in [0.1, 0.15) is 51.7 Å². The maximum atomic E-state index is 5.65. The number of guanidine groups is 1. The van der Waals surface area contributed by atoms with Crippen molar-refractivity contribution in [3.05, 3.63) is 35.4 Å². The fourth-order valence-electron chi connectivity index (χ4n) is 2.60. The summed E-state index contributed by atoms with van der Waals surface area (Å²) in [7, 11) is 0. The van der Waals surface area contributed by atoms with Gasteiger partial charge in [0, 0.05) is 19.7 Å². The first-order valence-electron chi connectivity index (χ1n) is 9.98. The van der Waals surface area contributed by atoms with Crippen molar-refractivity contribution in [2.24, 2.45) is 10.9 Å². The van der Waals surface area contributed by atoms with Crippen molar-refractivity contribution in [3.63, 3.8) is 0 Å². The lowest BCUT2D eigenvalue weighted by atomic mass is 10.0. The summed E-state index contributed by atoms with van der Waals surface area (Å²) in [4.78, 5) is 4.72. The molecule has 0 heterocycles. The molecule has 0 amide bonds. The summed E-state index contributed by atoms with van der Waals surface area (Å²) < 4.78 is 10.9. The molecule has 0 radical (unpaired) electrons. The molecular formula is C21H38IN3O2. The Bertz CT molecular complexity index is 508. The summed E-state index contributed by atoms with van der Waals surface area (Å²) in [5.74, 6) is 1.58. The third-order valence-electron chi connectivity index (χ3n) is 4.31. The van der Waals surface area contributed by atoms with Crippen molar-refractivity contribution < 1.29 is 9.47 Å². The van der Waals surface area contributed by atoms with Gasteiger partial charge >= 0.3 is 0 Å². The third-order valence-corrected chi connectivity index (χ3v) is 4.31. The minimum atomic E-state index is 0. The van der Waals surface area contributed by atoms with Gasteiger partial charge in [0.2, 0.25) is 0 Å². The molecule has 0 fully saturated rings. The van der Waals surface area contributed by atoms with Gasteiger partial charge in [-0.2, -0.15) is 0 Å². The Morgan fingerprint density at radius 3 is 2.37 bits per heavy atom. The second-order valence-corrected chi connectivity index (χ2v) is 6.33. The fraction of sp³-hybridized carbons (Fsp3) is 0.667. The number of hydrogen-bond donors (Lipinski definition) is 2. The molecule has 0 aromatic heterocycles. The predicted molar refractivity (Wildman–Crippen MR) is 125 cm³/mol. The lowest BCUT2D eigenvalue weighted by Gasteiger charge is -2.16. The van der Waals surface area contributed by atoms with Gasteiger partial charge in [-0.15, -0.1) is 24.0 Å². The van der Waals surface area contributed by atoms with Crippen LogP contribution in [0, 0.1) is 5.92 Å². The zero-order valence-electron chi connectivity index (χ0n) is 17.4.